The highest BCUT2D eigenvalue weighted by molar-refractivity contribution is 7.07. The van der Waals surface area contributed by atoms with E-state index in [1.807, 2.05) is 31.5 Å². The first-order valence-corrected chi connectivity index (χ1v) is 7.91. The summed E-state index contributed by atoms with van der Waals surface area (Å²) in [5.41, 5.74) is 4.22. The second-order valence-corrected chi connectivity index (χ2v) is 5.98. The number of ether oxygens (including phenoxy) is 1. The normalized spacial score (nSPS) is 14.2. The lowest BCUT2D eigenvalue weighted by atomic mass is 10.1. The summed E-state index contributed by atoms with van der Waals surface area (Å²) in [4.78, 5) is 4.35. The molecular weight excluding hydrogens is 268 g/mol. The van der Waals surface area contributed by atoms with E-state index in [1.165, 1.54) is 5.56 Å². The number of rotatable bonds is 6. The number of hydrogen-bond donors (Lipinski definition) is 1. The third-order valence-corrected chi connectivity index (χ3v) is 3.75. The third kappa shape index (κ3) is 4.05. The van der Waals surface area contributed by atoms with Gasteiger partial charge in [-0.2, -0.15) is 0 Å². The molecule has 0 fully saturated rings. The highest BCUT2D eigenvalue weighted by atomic mass is 32.1. The molecule has 1 N–H and O–H groups in total. The van der Waals surface area contributed by atoms with Gasteiger partial charge in [-0.3, -0.25) is 0 Å². The highest BCUT2D eigenvalue weighted by Gasteiger charge is 2.12. The maximum Gasteiger partial charge on any atom is 0.119 e. The van der Waals surface area contributed by atoms with Gasteiger partial charge >= 0.3 is 0 Å². The molecule has 0 spiro atoms. The summed E-state index contributed by atoms with van der Waals surface area (Å²) < 4.78 is 5.66. The summed E-state index contributed by atoms with van der Waals surface area (Å²) in [7, 11) is 0. The minimum Gasteiger partial charge on any atom is -0.491 e. The fraction of sp³-hybridized carbons (Fsp3) is 0.438. The van der Waals surface area contributed by atoms with Gasteiger partial charge in [0.25, 0.3) is 0 Å². The van der Waals surface area contributed by atoms with E-state index >= 15 is 0 Å². The standard InChI is InChI=1S/C16H22N2OS/c1-11(2)19-15-7-5-14(6-8-15)12(3)18-13(4)16-9-20-10-17-16/h5-13,18H,1-4H3. The zero-order valence-electron chi connectivity index (χ0n) is 12.5. The van der Waals surface area contributed by atoms with Crippen molar-refractivity contribution >= 4 is 11.3 Å². The average molecular weight is 290 g/mol. The number of aromatic nitrogens is 1. The molecule has 2 aromatic rings. The Morgan fingerprint density at radius 3 is 2.30 bits per heavy atom. The van der Waals surface area contributed by atoms with Gasteiger partial charge in [0.1, 0.15) is 5.75 Å². The predicted molar refractivity (Wildman–Crippen MR) is 84.3 cm³/mol. The van der Waals surface area contributed by atoms with Crippen LogP contribution in [0.4, 0.5) is 0 Å². The van der Waals surface area contributed by atoms with Crippen molar-refractivity contribution in [1.82, 2.24) is 10.3 Å². The van der Waals surface area contributed by atoms with E-state index in [9.17, 15) is 0 Å². The molecule has 0 radical (unpaired) electrons. The molecule has 4 heteroatoms. The van der Waals surface area contributed by atoms with E-state index in [0.717, 1.165) is 11.4 Å². The average Bonchev–Trinajstić information content (AvgIpc) is 2.92. The first-order chi connectivity index (χ1) is 9.56. The molecule has 1 aromatic heterocycles. The smallest absolute Gasteiger partial charge is 0.119 e. The Morgan fingerprint density at radius 2 is 1.75 bits per heavy atom. The number of nitrogens with zero attached hydrogens (tertiary/aromatic N) is 1. The number of hydrogen-bond acceptors (Lipinski definition) is 4. The minimum atomic E-state index is 0.209. The lowest BCUT2D eigenvalue weighted by Gasteiger charge is -2.19. The molecule has 2 atom stereocenters. The van der Waals surface area contributed by atoms with Gasteiger partial charge < -0.3 is 10.1 Å². The van der Waals surface area contributed by atoms with Crippen LogP contribution in [0.2, 0.25) is 0 Å². The number of thiazole rings is 1. The maximum absolute atomic E-state index is 5.66. The summed E-state index contributed by atoms with van der Waals surface area (Å²) in [5, 5.41) is 5.65. The second kappa shape index (κ2) is 6.86. The maximum atomic E-state index is 5.66. The van der Waals surface area contributed by atoms with Crippen LogP contribution in [0.5, 0.6) is 5.75 Å². The monoisotopic (exact) mass is 290 g/mol. The Morgan fingerprint density at radius 1 is 1.05 bits per heavy atom. The molecule has 3 nitrogen and oxygen atoms in total. The molecule has 0 bridgehead atoms. The Bertz CT molecular complexity index is 508. The van der Waals surface area contributed by atoms with Gasteiger partial charge in [0.15, 0.2) is 0 Å². The van der Waals surface area contributed by atoms with Gasteiger partial charge in [-0.05, 0) is 45.4 Å². The molecule has 108 valence electrons. The van der Waals surface area contributed by atoms with Gasteiger partial charge in [0.05, 0.1) is 17.3 Å². The summed E-state index contributed by atoms with van der Waals surface area (Å²) in [6, 6.07) is 8.82. The molecule has 0 saturated carbocycles. The predicted octanol–water partition coefficient (Wildman–Crippen LogP) is 4.34. The van der Waals surface area contributed by atoms with Crippen molar-refractivity contribution in [2.75, 3.05) is 0 Å². The molecule has 0 aliphatic rings. The SMILES string of the molecule is CC(C)Oc1ccc(C(C)NC(C)c2cscn2)cc1. The van der Waals surface area contributed by atoms with Crippen LogP contribution < -0.4 is 10.1 Å². The molecule has 20 heavy (non-hydrogen) atoms. The molecule has 2 rings (SSSR count). The van der Waals surface area contributed by atoms with Crippen LogP contribution in [0, 0.1) is 0 Å². The molecule has 0 aliphatic heterocycles. The van der Waals surface area contributed by atoms with Crippen LogP contribution in [0.1, 0.15) is 51.0 Å². The van der Waals surface area contributed by atoms with E-state index in [4.69, 9.17) is 4.74 Å². The van der Waals surface area contributed by atoms with Crippen LogP contribution in [-0.4, -0.2) is 11.1 Å². The number of nitrogens with one attached hydrogen (secondary N) is 1. The van der Waals surface area contributed by atoms with Crippen molar-refractivity contribution in [3.8, 4) is 5.75 Å². The van der Waals surface area contributed by atoms with E-state index in [0.29, 0.717) is 0 Å². The summed E-state index contributed by atoms with van der Waals surface area (Å²) >= 11 is 1.63. The summed E-state index contributed by atoms with van der Waals surface area (Å²) in [5.74, 6) is 0.920. The molecule has 1 aromatic carbocycles. The van der Waals surface area contributed by atoms with Crippen LogP contribution in [-0.2, 0) is 0 Å². The Labute approximate surface area is 125 Å². The second-order valence-electron chi connectivity index (χ2n) is 5.26. The highest BCUT2D eigenvalue weighted by Crippen LogP contribution is 2.22. The zero-order chi connectivity index (χ0) is 14.5. The van der Waals surface area contributed by atoms with E-state index in [1.54, 1.807) is 11.3 Å². The van der Waals surface area contributed by atoms with Crippen molar-refractivity contribution in [3.63, 3.8) is 0 Å². The van der Waals surface area contributed by atoms with E-state index < -0.39 is 0 Å². The van der Waals surface area contributed by atoms with Gasteiger partial charge in [0, 0.05) is 17.5 Å². The topological polar surface area (TPSA) is 34.1 Å². The Kier molecular flexibility index (Phi) is 5.15. The number of benzene rings is 1. The van der Waals surface area contributed by atoms with Gasteiger partial charge in [-0.25, -0.2) is 4.98 Å². The molecule has 1 heterocycles. The largest absolute Gasteiger partial charge is 0.491 e. The quantitative estimate of drug-likeness (QED) is 0.859. The van der Waals surface area contributed by atoms with Crippen molar-refractivity contribution in [1.29, 1.82) is 0 Å². The van der Waals surface area contributed by atoms with Gasteiger partial charge in [-0.15, -0.1) is 11.3 Å². The lowest BCUT2D eigenvalue weighted by Crippen LogP contribution is -2.22. The molecule has 0 amide bonds. The Hall–Kier alpha value is -1.39. The molecule has 0 saturated heterocycles. The molecule has 2 unspecified atom stereocenters. The molecular formula is C16H22N2OS. The third-order valence-electron chi connectivity index (χ3n) is 3.15. The van der Waals surface area contributed by atoms with Crippen molar-refractivity contribution in [2.24, 2.45) is 0 Å². The van der Waals surface area contributed by atoms with E-state index in [2.05, 4.69) is 41.7 Å². The van der Waals surface area contributed by atoms with E-state index in [-0.39, 0.29) is 18.2 Å². The molecule has 0 aliphatic carbocycles. The minimum absolute atomic E-state index is 0.209. The zero-order valence-corrected chi connectivity index (χ0v) is 13.3. The fourth-order valence-corrected chi connectivity index (χ4v) is 2.75. The van der Waals surface area contributed by atoms with Crippen LogP contribution in [0.3, 0.4) is 0 Å². The fourth-order valence-electron chi connectivity index (χ4n) is 2.10. The van der Waals surface area contributed by atoms with Gasteiger partial charge in [-0.1, -0.05) is 12.1 Å². The van der Waals surface area contributed by atoms with Crippen molar-refractivity contribution in [2.45, 2.75) is 45.9 Å². The Balaban J connectivity index is 1.97. The summed E-state index contributed by atoms with van der Waals surface area (Å²) in [6.45, 7) is 8.38. The van der Waals surface area contributed by atoms with Crippen LogP contribution in [0.15, 0.2) is 35.2 Å². The van der Waals surface area contributed by atoms with Crippen LogP contribution >= 0.6 is 11.3 Å². The first kappa shape index (κ1) is 15.0. The summed E-state index contributed by atoms with van der Waals surface area (Å²) in [6.07, 6.45) is 0.209. The van der Waals surface area contributed by atoms with Crippen molar-refractivity contribution in [3.05, 3.63) is 46.4 Å². The van der Waals surface area contributed by atoms with Gasteiger partial charge in [0.2, 0.25) is 0 Å². The first-order valence-electron chi connectivity index (χ1n) is 6.97. The van der Waals surface area contributed by atoms with Crippen LogP contribution in [0.25, 0.3) is 0 Å². The van der Waals surface area contributed by atoms with Crippen molar-refractivity contribution < 1.29 is 4.74 Å². The lowest BCUT2D eigenvalue weighted by molar-refractivity contribution is 0.242.